The number of ether oxygens (including phenoxy) is 1. The fourth-order valence-electron chi connectivity index (χ4n) is 1.06. The zero-order valence-electron chi connectivity index (χ0n) is 6.95. The molecule has 0 heterocycles. The quantitative estimate of drug-likeness (QED) is 0.385. The largest absolute Gasteiger partial charge is 0.443 e. The van der Waals surface area contributed by atoms with Crippen molar-refractivity contribution in [2.24, 2.45) is 11.7 Å². The van der Waals surface area contributed by atoms with Crippen LogP contribution in [0.4, 0.5) is 0 Å². The van der Waals surface area contributed by atoms with Gasteiger partial charge < -0.3 is 4.74 Å². The molecule has 1 aliphatic rings. The molecular formula is C9H13NO2. The average molecular weight is 167 g/mol. The van der Waals surface area contributed by atoms with Gasteiger partial charge in [0.05, 0.1) is 6.42 Å². The molecule has 12 heavy (non-hydrogen) atoms. The summed E-state index contributed by atoms with van der Waals surface area (Å²) in [6, 6.07) is 0. The molecule has 0 amide bonds. The lowest BCUT2D eigenvalue weighted by Gasteiger charge is -2.10. The van der Waals surface area contributed by atoms with Crippen molar-refractivity contribution in [2.75, 3.05) is 0 Å². The number of hydrogen-bond donors (Lipinski definition) is 1. The summed E-state index contributed by atoms with van der Waals surface area (Å²) in [6.07, 6.45) is 4.10. The highest BCUT2D eigenvalue weighted by Crippen LogP contribution is 2.42. The van der Waals surface area contributed by atoms with Crippen LogP contribution in [0.25, 0.3) is 0 Å². The van der Waals surface area contributed by atoms with E-state index < -0.39 is 5.72 Å². The predicted molar refractivity (Wildman–Crippen MR) is 46.1 cm³/mol. The third kappa shape index (κ3) is 1.74. The summed E-state index contributed by atoms with van der Waals surface area (Å²) < 4.78 is 4.99. The second-order valence-electron chi connectivity index (χ2n) is 2.97. The Morgan fingerprint density at radius 2 is 2.42 bits per heavy atom. The topological polar surface area (TPSA) is 52.3 Å². The zero-order valence-corrected chi connectivity index (χ0v) is 6.95. The first-order valence-corrected chi connectivity index (χ1v) is 3.86. The van der Waals surface area contributed by atoms with Crippen molar-refractivity contribution in [3.63, 3.8) is 0 Å². The van der Waals surface area contributed by atoms with E-state index >= 15 is 0 Å². The maximum absolute atomic E-state index is 11.0. The average Bonchev–Trinajstić information content (AvgIpc) is 2.61. The highest BCUT2D eigenvalue weighted by atomic mass is 16.6. The van der Waals surface area contributed by atoms with E-state index in [-0.39, 0.29) is 18.3 Å². The van der Waals surface area contributed by atoms with Crippen LogP contribution in [0.2, 0.25) is 0 Å². The van der Waals surface area contributed by atoms with Crippen LogP contribution in [0.15, 0.2) is 25.3 Å². The molecule has 0 aromatic rings. The van der Waals surface area contributed by atoms with Crippen LogP contribution in [0.5, 0.6) is 0 Å². The molecule has 3 nitrogen and oxygen atoms in total. The Labute approximate surface area is 71.9 Å². The minimum atomic E-state index is -0.776. The summed E-state index contributed by atoms with van der Waals surface area (Å²) >= 11 is 0. The summed E-state index contributed by atoms with van der Waals surface area (Å²) in [4.78, 5) is 11.0. The van der Waals surface area contributed by atoms with Crippen molar-refractivity contribution >= 4 is 5.97 Å². The summed E-state index contributed by atoms with van der Waals surface area (Å²) in [7, 11) is 0. The van der Waals surface area contributed by atoms with E-state index in [0.29, 0.717) is 6.42 Å². The fraction of sp³-hybridized carbons (Fsp3) is 0.444. The molecule has 2 N–H and O–H groups in total. The fourth-order valence-corrected chi connectivity index (χ4v) is 1.06. The number of nitrogens with two attached hydrogens (primary N) is 1. The smallest absolute Gasteiger partial charge is 0.311 e. The lowest BCUT2D eigenvalue weighted by Crippen LogP contribution is -2.31. The maximum atomic E-state index is 11.0. The SMILES string of the molecule is C=CCC(=O)OC1(N)CC1C=C. The van der Waals surface area contributed by atoms with Gasteiger partial charge in [0, 0.05) is 12.3 Å². The van der Waals surface area contributed by atoms with E-state index in [4.69, 9.17) is 10.5 Å². The van der Waals surface area contributed by atoms with E-state index in [9.17, 15) is 4.79 Å². The second-order valence-corrected chi connectivity index (χ2v) is 2.97. The van der Waals surface area contributed by atoms with Crippen LogP contribution in [0.3, 0.4) is 0 Å². The Kier molecular flexibility index (Phi) is 2.33. The molecule has 0 bridgehead atoms. The minimum absolute atomic E-state index is 0.117. The first kappa shape index (κ1) is 9.00. The number of rotatable bonds is 4. The number of hydrogen-bond acceptors (Lipinski definition) is 3. The Hall–Kier alpha value is -1.09. The van der Waals surface area contributed by atoms with Crippen LogP contribution in [-0.2, 0) is 9.53 Å². The van der Waals surface area contributed by atoms with Crippen molar-refractivity contribution in [1.29, 1.82) is 0 Å². The Morgan fingerprint density at radius 1 is 1.75 bits per heavy atom. The third-order valence-corrected chi connectivity index (χ3v) is 1.91. The van der Waals surface area contributed by atoms with Gasteiger partial charge in [0.2, 0.25) is 0 Å². The van der Waals surface area contributed by atoms with Crippen LogP contribution < -0.4 is 5.73 Å². The molecular weight excluding hydrogens is 154 g/mol. The Bertz CT molecular complexity index is 225. The molecule has 0 radical (unpaired) electrons. The molecule has 0 saturated heterocycles. The lowest BCUT2D eigenvalue weighted by atomic mass is 10.4. The van der Waals surface area contributed by atoms with Crippen LogP contribution in [-0.4, -0.2) is 11.7 Å². The summed E-state index contributed by atoms with van der Waals surface area (Å²) in [5, 5.41) is 0. The second kappa shape index (κ2) is 3.11. The van der Waals surface area contributed by atoms with Gasteiger partial charge >= 0.3 is 5.97 Å². The summed E-state index contributed by atoms with van der Waals surface area (Å²) in [5.41, 5.74) is 4.91. The van der Waals surface area contributed by atoms with Gasteiger partial charge in [0.1, 0.15) is 0 Å². The van der Waals surface area contributed by atoms with Crippen molar-refractivity contribution in [3.8, 4) is 0 Å². The van der Waals surface area contributed by atoms with Gasteiger partial charge in [-0.1, -0.05) is 12.2 Å². The van der Waals surface area contributed by atoms with Gasteiger partial charge in [-0.25, -0.2) is 0 Å². The van der Waals surface area contributed by atoms with Crippen molar-refractivity contribution in [2.45, 2.75) is 18.6 Å². The maximum Gasteiger partial charge on any atom is 0.311 e. The van der Waals surface area contributed by atoms with Gasteiger partial charge in [-0.15, -0.1) is 13.2 Å². The van der Waals surface area contributed by atoms with Crippen molar-refractivity contribution < 1.29 is 9.53 Å². The van der Waals surface area contributed by atoms with Gasteiger partial charge in [0.25, 0.3) is 0 Å². The van der Waals surface area contributed by atoms with Crippen LogP contribution >= 0.6 is 0 Å². The third-order valence-electron chi connectivity index (χ3n) is 1.91. The molecule has 1 rings (SSSR count). The molecule has 1 aliphatic carbocycles. The predicted octanol–water partition coefficient (Wildman–Crippen LogP) is 0.967. The van der Waals surface area contributed by atoms with Crippen molar-refractivity contribution in [1.82, 2.24) is 0 Å². The molecule has 0 aliphatic heterocycles. The highest BCUT2D eigenvalue weighted by Gasteiger charge is 2.53. The van der Waals surface area contributed by atoms with E-state index in [1.807, 2.05) is 0 Å². The Balaban J connectivity index is 2.37. The molecule has 3 heteroatoms. The van der Waals surface area contributed by atoms with Crippen LogP contribution in [0, 0.1) is 5.92 Å². The van der Waals surface area contributed by atoms with Gasteiger partial charge in [-0.3, -0.25) is 10.5 Å². The standard InChI is InChI=1S/C9H13NO2/c1-3-5-8(11)12-9(10)6-7(9)4-2/h3-4,7H,1-2,5-6,10H2. The molecule has 2 atom stereocenters. The molecule has 0 aromatic carbocycles. The van der Waals surface area contributed by atoms with Crippen LogP contribution in [0.1, 0.15) is 12.8 Å². The minimum Gasteiger partial charge on any atom is -0.443 e. The van der Waals surface area contributed by atoms with E-state index in [1.165, 1.54) is 6.08 Å². The van der Waals surface area contributed by atoms with E-state index in [0.717, 1.165) is 0 Å². The van der Waals surface area contributed by atoms with E-state index in [2.05, 4.69) is 13.2 Å². The number of esters is 1. The Morgan fingerprint density at radius 3 is 2.83 bits per heavy atom. The zero-order chi connectivity index (χ0) is 9.19. The molecule has 0 spiro atoms. The highest BCUT2D eigenvalue weighted by molar-refractivity contribution is 5.71. The van der Waals surface area contributed by atoms with E-state index in [1.54, 1.807) is 6.08 Å². The summed E-state index contributed by atoms with van der Waals surface area (Å²) in [5.74, 6) is -0.205. The molecule has 66 valence electrons. The first-order chi connectivity index (χ1) is 5.62. The monoisotopic (exact) mass is 167 g/mol. The molecule has 0 aromatic heterocycles. The van der Waals surface area contributed by atoms with Gasteiger partial charge in [0.15, 0.2) is 5.72 Å². The molecule has 1 saturated carbocycles. The first-order valence-electron chi connectivity index (χ1n) is 3.86. The molecule has 1 fully saturated rings. The van der Waals surface area contributed by atoms with Crippen molar-refractivity contribution in [3.05, 3.63) is 25.3 Å². The van der Waals surface area contributed by atoms with Gasteiger partial charge in [-0.2, -0.15) is 0 Å². The summed E-state index contributed by atoms with van der Waals surface area (Å²) in [6.45, 7) is 7.01. The molecule has 2 unspecified atom stereocenters. The normalized spacial score (nSPS) is 32.2. The van der Waals surface area contributed by atoms with Gasteiger partial charge in [-0.05, 0) is 0 Å². The number of carbonyl (C=O) groups excluding carboxylic acids is 1. The number of carbonyl (C=O) groups is 1. The lowest BCUT2D eigenvalue weighted by molar-refractivity contribution is -0.150.